The summed E-state index contributed by atoms with van der Waals surface area (Å²) in [5.41, 5.74) is 0. The van der Waals surface area contributed by atoms with E-state index in [0.717, 1.165) is 55.5 Å². The monoisotopic (exact) mass is 511 g/mol. The van der Waals surface area contributed by atoms with Gasteiger partial charge in [0, 0.05) is 57.7 Å². The normalized spacial score (nSPS) is 23.0. The molecule has 0 saturated carbocycles. The average Bonchev–Trinajstić information content (AvgIpc) is 3.02. The number of likely N-dealkylation sites (tertiary alicyclic amines) is 1. The number of nitrogens with one attached hydrogen (secondary N) is 1. The second-order valence-electron chi connectivity index (χ2n) is 7.17. The van der Waals surface area contributed by atoms with E-state index in [-0.39, 0.29) is 24.0 Å². The molecule has 3 heterocycles. The summed E-state index contributed by atoms with van der Waals surface area (Å²) in [6.07, 6.45) is 2.64. The van der Waals surface area contributed by atoms with Crippen LogP contribution in [0.15, 0.2) is 17.1 Å². The van der Waals surface area contributed by atoms with Gasteiger partial charge in [0.15, 0.2) is 5.96 Å². The molecule has 148 valence electrons. The molecular weight excluding hydrogens is 481 g/mol. The van der Waals surface area contributed by atoms with Crippen LogP contribution >= 0.6 is 46.9 Å². The largest absolute Gasteiger partial charge is 0.356 e. The van der Waals surface area contributed by atoms with Crippen molar-refractivity contribution >= 4 is 52.9 Å². The maximum atomic E-state index is 6.03. The summed E-state index contributed by atoms with van der Waals surface area (Å²) in [7, 11) is 4.12. The molecule has 26 heavy (non-hydrogen) atoms. The topological polar surface area (TPSA) is 34.1 Å². The van der Waals surface area contributed by atoms with Gasteiger partial charge in [-0.05, 0) is 44.5 Å². The maximum Gasteiger partial charge on any atom is 0.193 e. The van der Waals surface area contributed by atoms with Crippen molar-refractivity contribution in [1.29, 1.82) is 0 Å². The third kappa shape index (κ3) is 6.51. The fourth-order valence-electron chi connectivity index (χ4n) is 3.78. The molecule has 1 N–H and O–H groups in total. The Kier molecular flexibility index (Phi) is 9.43. The minimum Gasteiger partial charge on any atom is -0.356 e. The fourth-order valence-corrected chi connectivity index (χ4v) is 4.91. The van der Waals surface area contributed by atoms with E-state index in [1.807, 2.05) is 13.1 Å². The molecule has 2 saturated heterocycles. The highest BCUT2D eigenvalue weighted by molar-refractivity contribution is 14.0. The molecule has 1 aromatic heterocycles. The number of guanidine groups is 1. The molecule has 1 atom stereocenters. The van der Waals surface area contributed by atoms with Crippen molar-refractivity contribution < 1.29 is 0 Å². The Morgan fingerprint density at radius 1 is 1.27 bits per heavy atom. The Morgan fingerprint density at radius 3 is 2.65 bits per heavy atom. The predicted molar refractivity (Wildman–Crippen MR) is 123 cm³/mol. The number of piperidine rings is 1. The molecule has 5 nitrogen and oxygen atoms in total. The minimum absolute atomic E-state index is 0. The standard InChI is InChI=1S/C18H30ClN5S.HI/c1-20-18(21-12-15-4-3-7-22(2)13-15)24-10-8-23(9-11-24)14-16-5-6-17(19)25-16;/h5-6,15H,3-4,7-14H2,1-2H3,(H,20,21);1H. The van der Waals surface area contributed by atoms with Crippen molar-refractivity contribution in [2.24, 2.45) is 10.9 Å². The van der Waals surface area contributed by atoms with Gasteiger partial charge in [-0.1, -0.05) is 11.6 Å². The lowest BCUT2D eigenvalue weighted by molar-refractivity contribution is 0.171. The SMILES string of the molecule is CN=C(NCC1CCCN(C)C1)N1CCN(Cc2ccc(Cl)s2)CC1.I. The van der Waals surface area contributed by atoms with E-state index in [9.17, 15) is 0 Å². The van der Waals surface area contributed by atoms with Crippen molar-refractivity contribution in [2.75, 3.05) is 59.9 Å². The first-order chi connectivity index (χ1) is 12.1. The van der Waals surface area contributed by atoms with E-state index in [4.69, 9.17) is 11.6 Å². The Hall–Kier alpha value is -0.0900. The van der Waals surface area contributed by atoms with Crippen LogP contribution in [0, 0.1) is 5.92 Å². The Morgan fingerprint density at radius 2 is 2.04 bits per heavy atom. The molecule has 0 aromatic carbocycles. The van der Waals surface area contributed by atoms with Gasteiger partial charge in [0.2, 0.25) is 0 Å². The van der Waals surface area contributed by atoms with Crippen LogP contribution in [0.1, 0.15) is 17.7 Å². The molecule has 0 bridgehead atoms. The highest BCUT2D eigenvalue weighted by Gasteiger charge is 2.22. The van der Waals surface area contributed by atoms with Gasteiger partial charge in [-0.2, -0.15) is 0 Å². The maximum absolute atomic E-state index is 6.03. The summed E-state index contributed by atoms with van der Waals surface area (Å²) >= 11 is 7.72. The molecule has 0 spiro atoms. The van der Waals surface area contributed by atoms with Gasteiger partial charge < -0.3 is 15.1 Å². The number of nitrogens with zero attached hydrogens (tertiary/aromatic N) is 4. The zero-order chi connectivity index (χ0) is 17.6. The molecule has 0 amide bonds. The average molecular weight is 512 g/mol. The lowest BCUT2D eigenvalue weighted by atomic mass is 9.98. The fraction of sp³-hybridized carbons (Fsp3) is 0.722. The van der Waals surface area contributed by atoms with Gasteiger partial charge in [-0.15, -0.1) is 35.3 Å². The lowest BCUT2D eigenvalue weighted by Crippen LogP contribution is -2.53. The van der Waals surface area contributed by atoms with Crippen LogP contribution in [0.5, 0.6) is 0 Å². The van der Waals surface area contributed by atoms with E-state index in [1.165, 1.54) is 30.8 Å². The van der Waals surface area contributed by atoms with Crippen molar-refractivity contribution in [3.63, 3.8) is 0 Å². The van der Waals surface area contributed by atoms with Crippen molar-refractivity contribution in [3.05, 3.63) is 21.3 Å². The van der Waals surface area contributed by atoms with Crippen LogP contribution in [-0.4, -0.2) is 80.6 Å². The predicted octanol–water partition coefficient (Wildman–Crippen LogP) is 3.05. The molecule has 2 aliphatic heterocycles. The number of halogens is 2. The van der Waals surface area contributed by atoms with Gasteiger partial charge in [0.1, 0.15) is 0 Å². The number of hydrogen-bond acceptors (Lipinski definition) is 4. The van der Waals surface area contributed by atoms with Crippen LogP contribution in [0.4, 0.5) is 0 Å². The van der Waals surface area contributed by atoms with Crippen molar-refractivity contribution in [2.45, 2.75) is 19.4 Å². The third-order valence-corrected chi connectivity index (χ3v) is 6.38. The highest BCUT2D eigenvalue weighted by atomic mass is 127. The smallest absolute Gasteiger partial charge is 0.193 e. The Bertz CT molecular complexity index is 574. The molecule has 2 fully saturated rings. The molecule has 0 radical (unpaired) electrons. The van der Waals surface area contributed by atoms with E-state index < -0.39 is 0 Å². The summed E-state index contributed by atoms with van der Waals surface area (Å²) in [5, 5.41) is 3.61. The van der Waals surface area contributed by atoms with Gasteiger partial charge in [-0.25, -0.2) is 0 Å². The lowest BCUT2D eigenvalue weighted by Gasteiger charge is -2.37. The Labute approximate surface area is 183 Å². The molecule has 3 rings (SSSR count). The summed E-state index contributed by atoms with van der Waals surface area (Å²) in [4.78, 5) is 13.2. The number of aliphatic imine (C=N–C) groups is 1. The van der Waals surface area contributed by atoms with Gasteiger partial charge in [0.05, 0.1) is 4.34 Å². The van der Waals surface area contributed by atoms with Crippen LogP contribution in [0.2, 0.25) is 4.34 Å². The van der Waals surface area contributed by atoms with Crippen LogP contribution < -0.4 is 5.32 Å². The summed E-state index contributed by atoms with van der Waals surface area (Å²) in [6, 6.07) is 4.13. The van der Waals surface area contributed by atoms with Crippen LogP contribution in [0.3, 0.4) is 0 Å². The van der Waals surface area contributed by atoms with E-state index in [2.05, 4.69) is 38.1 Å². The first-order valence-corrected chi connectivity index (χ1v) is 10.4. The highest BCUT2D eigenvalue weighted by Crippen LogP contribution is 2.23. The van der Waals surface area contributed by atoms with E-state index in [0.29, 0.717) is 0 Å². The second-order valence-corrected chi connectivity index (χ2v) is 8.97. The third-order valence-electron chi connectivity index (χ3n) is 5.16. The minimum atomic E-state index is 0. The first kappa shape index (κ1) is 22.2. The number of piperazine rings is 1. The van der Waals surface area contributed by atoms with Crippen molar-refractivity contribution in [3.8, 4) is 0 Å². The zero-order valence-corrected chi connectivity index (χ0v) is 19.7. The number of thiophene rings is 1. The van der Waals surface area contributed by atoms with Gasteiger partial charge in [0.25, 0.3) is 0 Å². The second kappa shape index (κ2) is 11.0. The summed E-state index contributed by atoms with van der Waals surface area (Å²) in [6.45, 7) is 8.68. The molecule has 8 heteroatoms. The molecule has 0 aliphatic carbocycles. The van der Waals surface area contributed by atoms with E-state index in [1.54, 1.807) is 11.3 Å². The van der Waals surface area contributed by atoms with Crippen LogP contribution in [0.25, 0.3) is 0 Å². The molecule has 2 aliphatic rings. The molecule has 1 aromatic rings. The quantitative estimate of drug-likeness (QED) is 0.383. The van der Waals surface area contributed by atoms with Gasteiger partial charge >= 0.3 is 0 Å². The summed E-state index contributed by atoms with van der Waals surface area (Å²) < 4.78 is 0.881. The molecule has 1 unspecified atom stereocenters. The molecular formula is C18H31ClIN5S. The van der Waals surface area contributed by atoms with Crippen LogP contribution in [-0.2, 0) is 6.54 Å². The van der Waals surface area contributed by atoms with E-state index >= 15 is 0 Å². The van der Waals surface area contributed by atoms with Gasteiger partial charge in [-0.3, -0.25) is 9.89 Å². The number of rotatable bonds is 4. The first-order valence-electron chi connectivity index (χ1n) is 9.25. The van der Waals surface area contributed by atoms with Crippen molar-refractivity contribution in [1.82, 2.24) is 20.0 Å². The summed E-state index contributed by atoms with van der Waals surface area (Å²) in [5.74, 6) is 1.80. The zero-order valence-electron chi connectivity index (χ0n) is 15.8. The number of hydrogen-bond donors (Lipinski definition) is 1. The Balaban J connectivity index is 0.00000243.